The Morgan fingerprint density at radius 2 is 2.07 bits per heavy atom. The topological polar surface area (TPSA) is 75.4 Å². The lowest BCUT2D eigenvalue weighted by molar-refractivity contribution is -0.125. The molecule has 1 atom stereocenters. The molecule has 1 amide bonds. The maximum Gasteiger partial charge on any atom is 0.254 e. The number of amides is 1. The third kappa shape index (κ3) is 3.77. The summed E-state index contributed by atoms with van der Waals surface area (Å²) in [6.07, 6.45) is 3.39. The number of piperidine rings is 1. The molecular weight excluding hydrogens is 340 g/mol. The van der Waals surface area contributed by atoms with Gasteiger partial charge in [0.1, 0.15) is 12.1 Å². The maximum atomic E-state index is 12.7. The monoisotopic (exact) mass is 364 g/mol. The van der Waals surface area contributed by atoms with Crippen LogP contribution >= 0.6 is 0 Å². The summed E-state index contributed by atoms with van der Waals surface area (Å²) in [6, 6.07) is 10.3. The van der Waals surface area contributed by atoms with Crippen molar-refractivity contribution < 1.29 is 4.79 Å². The number of nitrogens with zero attached hydrogens (tertiary/aromatic N) is 5. The van der Waals surface area contributed by atoms with Gasteiger partial charge in [0.15, 0.2) is 0 Å². The molecule has 0 saturated carbocycles. The van der Waals surface area contributed by atoms with Crippen LogP contribution < -0.4 is 10.2 Å². The first kappa shape index (κ1) is 17.5. The van der Waals surface area contributed by atoms with Gasteiger partial charge < -0.3 is 10.2 Å². The highest BCUT2D eigenvalue weighted by molar-refractivity contribution is 5.79. The maximum absolute atomic E-state index is 12.7. The van der Waals surface area contributed by atoms with Gasteiger partial charge in [0.2, 0.25) is 5.91 Å². The van der Waals surface area contributed by atoms with Crippen LogP contribution in [0.25, 0.3) is 5.78 Å². The lowest BCUT2D eigenvalue weighted by Gasteiger charge is -2.33. The van der Waals surface area contributed by atoms with E-state index in [2.05, 4.69) is 56.5 Å². The SMILES string of the molecule is Cc1ccc(CNC(=O)[C@H]2CCCN(c3cc(C)nc4ncnn34)C2)cc1. The van der Waals surface area contributed by atoms with Gasteiger partial charge in [-0.05, 0) is 32.3 Å². The molecule has 1 fully saturated rings. The number of hydrogen-bond acceptors (Lipinski definition) is 5. The number of anilines is 1. The highest BCUT2D eigenvalue weighted by Crippen LogP contribution is 2.24. The molecule has 0 unspecified atom stereocenters. The Labute approximate surface area is 158 Å². The zero-order valence-electron chi connectivity index (χ0n) is 15.7. The molecule has 140 valence electrons. The van der Waals surface area contributed by atoms with Gasteiger partial charge in [-0.2, -0.15) is 14.6 Å². The molecule has 3 aromatic rings. The summed E-state index contributed by atoms with van der Waals surface area (Å²) < 4.78 is 1.75. The third-order valence-electron chi connectivity index (χ3n) is 5.06. The van der Waals surface area contributed by atoms with Gasteiger partial charge in [0.25, 0.3) is 5.78 Å². The van der Waals surface area contributed by atoms with Gasteiger partial charge in [-0.1, -0.05) is 29.8 Å². The van der Waals surface area contributed by atoms with Crippen LogP contribution in [0.3, 0.4) is 0 Å². The molecule has 1 saturated heterocycles. The van der Waals surface area contributed by atoms with E-state index < -0.39 is 0 Å². The number of carbonyl (C=O) groups excluding carboxylic acids is 1. The van der Waals surface area contributed by atoms with Crippen molar-refractivity contribution in [3.8, 4) is 0 Å². The summed E-state index contributed by atoms with van der Waals surface area (Å²) in [6.45, 7) is 6.16. The largest absolute Gasteiger partial charge is 0.356 e. The zero-order valence-corrected chi connectivity index (χ0v) is 15.7. The van der Waals surface area contributed by atoms with Crippen molar-refractivity contribution in [2.24, 2.45) is 5.92 Å². The van der Waals surface area contributed by atoms with E-state index in [1.807, 2.05) is 13.0 Å². The minimum atomic E-state index is -0.0313. The van der Waals surface area contributed by atoms with Gasteiger partial charge >= 0.3 is 0 Å². The van der Waals surface area contributed by atoms with E-state index in [1.165, 1.54) is 11.9 Å². The van der Waals surface area contributed by atoms with Crippen molar-refractivity contribution in [2.45, 2.75) is 33.2 Å². The van der Waals surface area contributed by atoms with E-state index in [0.29, 0.717) is 18.9 Å². The number of aromatic nitrogens is 4. The van der Waals surface area contributed by atoms with E-state index >= 15 is 0 Å². The molecular formula is C20H24N6O. The van der Waals surface area contributed by atoms with Crippen LogP contribution in [0.5, 0.6) is 0 Å². The highest BCUT2D eigenvalue weighted by atomic mass is 16.1. The lowest BCUT2D eigenvalue weighted by atomic mass is 9.97. The summed E-state index contributed by atoms with van der Waals surface area (Å²) in [5.41, 5.74) is 3.24. The first-order valence-electron chi connectivity index (χ1n) is 9.36. The van der Waals surface area contributed by atoms with Crippen LogP contribution in [0.1, 0.15) is 29.7 Å². The number of benzene rings is 1. The second kappa shape index (κ2) is 7.34. The van der Waals surface area contributed by atoms with Gasteiger partial charge in [0.05, 0.1) is 5.92 Å². The highest BCUT2D eigenvalue weighted by Gasteiger charge is 2.27. The Hall–Kier alpha value is -2.96. The molecule has 7 nitrogen and oxygen atoms in total. The molecule has 2 aromatic heterocycles. The van der Waals surface area contributed by atoms with E-state index in [9.17, 15) is 4.79 Å². The first-order chi connectivity index (χ1) is 13.1. The second-order valence-corrected chi connectivity index (χ2v) is 7.22. The average molecular weight is 364 g/mol. The molecule has 3 heterocycles. The standard InChI is InChI=1S/C20H24N6O/c1-14-5-7-16(8-6-14)11-21-19(27)17-4-3-9-25(12-17)18-10-15(2)24-20-22-13-23-26(18)20/h5-8,10,13,17H,3-4,9,11-12H2,1-2H3,(H,21,27)/t17-/m0/s1. The number of aryl methyl sites for hydroxylation is 2. The van der Waals surface area contributed by atoms with E-state index in [4.69, 9.17) is 0 Å². The fourth-order valence-corrected chi connectivity index (χ4v) is 3.58. The molecule has 1 aliphatic heterocycles. The molecule has 4 rings (SSSR count). The summed E-state index contributed by atoms with van der Waals surface area (Å²) in [5.74, 6) is 1.62. The van der Waals surface area contributed by atoms with Crippen LogP contribution in [0, 0.1) is 19.8 Å². The van der Waals surface area contributed by atoms with Gasteiger partial charge in [0, 0.05) is 31.4 Å². The Bertz CT molecular complexity index is 949. The first-order valence-corrected chi connectivity index (χ1v) is 9.36. The number of rotatable bonds is 4. The lowest BCUT2D eigenvalue weighted by Crippen LogP contribution is -2.43. The molecule has 27 heavy (non-hydrogen) atoms. The number of nitrogens with one attached hydrogen (secondary N) is 1. The molecule has 0 aliphatic carbocycles. The minimum Gasteiger partial charge on any atom is -0.356 e. The van der Waals surface area contributed by atoms with E-state index in [1.54, 1.807) is 4.52 Å². The Morgan fingerprint density at radius 3 is 2.89 bits per heavy atom. The fourth-order valence-electron chi connectivity index (χ4n) is 3.58. The average Bonchev–Trinajstić information content (AvgIpc) is 3.15. The quantitative estimate of drug-likeness (QED) is 0.769. The summed E-state index contributed by atoms with van der Waals surface area (Å²) in [7, 11) is 0. The number of carbonyl (C=O) groups is 1. The summed E-state index contributed by atoms with van der Waals surface area (Å²) in [4.78, 5) is 23.5. The summed E-state index contributed by atoms with van der Waals surface area (Å²) in [5, 5.41) is 7.38. The molecule has 0 radical (unpaired) electrons. The van der Waals surface area contributed by atoms with Gasteiger partial charge in [-0.3, -0.25) is 4.79 Å². The van der Waals surface area contributed by atoms with Crippen LogP contribution in [-0.2, 0) is 11.3 Å². The Kier molecular flexibility index (Phi) is 4.75. The second-order valence-electron chi connectivity index (χ2n) is 7.22. The predicted octanol–water partition coefficient (Wildman–Crippen LogP) is 2.27. The van der Waals surface area contributed by atoms with E-state index in [0.717, 1.165) is 36.5 Å². The van der Waals surface area contributed by atoms with Crippen LogP contribution in [0.2, 0.25) is 0 Å². The fraction of sp³-hybridized carbons (Fsp3) is 0.400. The summed E-state index contributed by atoms with van der Waals surface area (Å²) >= 11 is 0. The number of hydrogen-bond donors (Lipinski definition) is 1. The molecule has 7 heteroatoms. The van der Waals surface area contributed by atoms with Crippen molar-refractivity contribution >= 4 is 17.5 Å². The molecule has 1 aliphatic rings. The normalized spacial score (nSPS) is 17.3. The van der Waals surface area contributed by atoms with E-state index in [-0.39, 0.29) is 11.8 Å². The predicted molar refractivity (Wildman–Crippen MR) is 103 cm³/mol. The van der Waals surface area contributed by atoms with Crippen LogP contribution in [-0.4, -0.2) is 38.6 Å². The van der Waals surface area contributed by atoms with Crippen molar-refractivity contribution in [3.05, 3.63) is 53.5 Å². The van der Waals surface area contributed by atoms with Crippen LogP contribution in [0.4, 0.5) is 5.82 Å². The van der Waals surface area contributed by atoms with Crippen molar-refractivity contribution in [2.75, 3.05) is 18.0 Å². The Morgan fingerprint density at radius 1 is 1.26 bits per heavy atom. The molecule has 1 aromatic carbocycles. The third-order valence-corrected chi connectivity index (χ3v) is 5.06. The van der Waals surface area contributed by atoms with Crippen molar-refractivity contribution in [1.29, 1.82) is 0 Å². The smallest absolute Gasteiger partial charge is 0.254 e. The molecule has 0 spiro atoms. The molecule has 1 N–H and O–H groups in total. The van der Waals surface area contributed by atoms with Crippen molar-refractivity contribution in [1.82, 2.24) is 24.9 Å². The zero-order chi connectivity index (χ0) is 18.8. The van der Waals surface area contributed by atoms with Gasteiger partial charge in [-0.25, -0.2) is 4.98 Å². The minimum absolute atomic E-state index is 0.0313. The number of fused-ring (bicyclic) bond motifs is 1. The van der Waals surface area contributed by atoms with Crippen LogP contribution in [0.15, 0.2) is 36.7 Å². The van der Waals surface area contributed by atoms with Crippen molar-refractivity contribution in [3.63, 3.8) is 0 Å². The Balaban J connectivity index is 1.45. The van der Waals surface area contributed by atoms with Gasteiger partial charge in [-0.15, -0.1) is 0 Å². The molecule has 0 bridgehead atoms.